The van der Waals surface area contributed by atoms with E-state index in [1.165, 1.54) is 0 Å². The molecule has 1 aromatic heterocycles. The summed E-state index contributed by atoms with van der Waals surface area (Å²) in [6.07, 6.45) is 1.29. The van der Waals surface area contributed by atoms with E-state index in [-0.39, 0.29) is 5.91 Å². The van der Waals surface area contributed by atoms with Crippen LogP contribution in [0.1, 0.15) is 24.1 Å². The fraction of sp³-hybridized carbons (Fsp3) is 0.389. The second kappa shape index (κ2) is 6.47. The number of benzene rings is 1. The molecule has 2 aromatic rings. The van der Waals surface area contributed by atoms with Crippen LogP contribution in [0, 0.1) is 6.92 Å². The largest absolute Gasteiger partial charge is 0.481 e. The summed E-state index contributed by atoms with van der Waals surface area (Å²) in [5.41, 5.74) is 7.00. The standard InChI is InChI=1S/C18H22N4O2/c1-13-12-15(24-2)21-17(20-13)22-10-8-18(9-11-22,16(19)23)14-6-4-3-5-7-14/h3-7,12H,8-11H2,1-2H3,(H2,19,23). The lowest BCUT2D eigenvalue weighted by Crippen LogP contribution is -2.50. The summed E-state index contributed by atoms with van der Waals surface area (Å²) in [5.74, 6) is 0.918. The van der Waals surface area contributed by atoms with Crippen LogP contribution >= 0.6 is 0 Å². The van der Waals surface area contributed by atoms with Crippen LogP contribution in [0.15, 0.2) is 36.4 Å². The Morgan fingerprint density at radius 1 is 1.21 bits per heavy atom. The van der Waals surface area contributed by atoms with Crippen LogP contribution < -0.4 is 15.4 Å². The number of ether oxygens (including phenoxy) is 1. The lowest BCUT2D eigenvalue weighted by Gasteiger charge is -2.40. The fourth-order valence-corrected chi connectivity index (χ4v) is 3.29. The van der Waals surface area contributed by atoms with Crippen molar-refractivity contribution in [3.8, 4) is 5.88 Å². The van der Waals surface area contributed by atoms with E-state index >= 15 is 0 Å². The summed E-state index contributed by atoms with van der Waals surface area (Å²) < 4.78 is 5.22. The zero-order valence-electron chi connectivity index (χ0n) is 14.0. The van der Waals surface area contributed by atoms with E-state index in [0.29, 0.717) is 37.8 Å². The Morgan fingerprint density at radius 2 is 1.88 bits per heavy atom. The number of anilines is 1. The van der Waals surface area contributed by atoms with Crippen LogP contribution in [-0.2, 0) is 10.2 Å². The summed E-state index contributed by atoms with van der Waals surface area (Å²) >= 11 is 0. The Balaban J connectivity index is 1.84. The molecule has 0 spiro atoms. The summed E-state index contributed by atoms with van der Waals surface area (Å²) in [6.45, 7) is 3.25. The molecule has 3 rings (SSSR count). The number of methoxy groups -OCH3 is 1. The van der Waals surface area contributed by atoms with Crippen molar-refractivity contribution in [2.75, 3.05) is 25.1 Å². The SMILES string of the molecule is COc1cc(C)nc(N2CCC(C(N)=O)(c3ccccc3)CC2)n1. The molecule has 1 fully saturated rings. The van der Waals surface area contributed by atoms with Crippen molar-refractivity contribution < 1.29 is 9.53 Å². The highest BCUT2D eigenvalue weighted by molar-refractivity contribution is 5.87. The minimum Gasteiger partial charge on any atom is -0.481 e. The van der Waals surface area contributed by atoms with Gasteiger partial charge in [0.25, 0.3) is 0 Å². The topological polar surface area (TPSA) is 81.3 Å². The van der Waals surface area contributed by atoms with Gasteiger partial charge >= 0.3 is 0 Å². The van der Waals surface area contributed by atoms with Gasteiger partial charge < -0.3 is 15.4 Å². The highest BCUT2D eigenvalue weighted by Crippen LogP contribution is 2.36. The zero-order chi connectivity index (χ0) is 17.2. The lowest BCUT2D eigenvalue weighted by atomic mass is 9.72. The molecule has 1 saturated heterocycles. The predicted octanol–water partition coefficient (Wildman–Crippen LogP) is 1.82. The molecule has 1 aliphatic rings. The van der Waals surface area contributed by atoms with Gasteiger partial charge in [-0.15, -0.1) is 0 Å². The van der Waals surface area contributed by atoms with Crippen molar-refractivity contribution >= 4 is 11.9 Å². The Bertz CT molecular complexity index is 725. The van der Waals surface area contributed by atoms with Crippen LogP contribution in [0.3, 0.4) is 0 Å². The maximum absolute atomic E-state index is 12.2. The van der Waals surface area contributed by atoms with Crippen molar-refractivity contribution in [1.82, 2.24) is 9.97 Å². The normalized spacial score (nSPS) is 16.7. The maximum atomic E-state index is 12.2. The molecular weight excluding hydrogens is 304 g/mol. The Hall–Kier alpha value is -2.63. The van der Waals surface area contributed by atoms with Crippen LogP contribution in [0.25, 0.3) is 0 Å². The molecule has 1 aromatic carbocycles. The Labute approximate surface area is 141 Å². The van der Waals surface area contributed by atoms with Gasteiger partial charge in [-0.25, -0.2) is 4.98 Å². The van der Waals surface area contributed by atoms with E-state index < -0.39 is 5.41 Å². The Morgan fingerprint density at radius 3 is 2.46 bits per heavy atom. The monoisotopic (exact) mass is 326 g/mol. The molecular formula is C18H22N4O2. The van der Waals surface area contributed by atoms with Crippen molar-refractivity contribution in [3.05, 3.63) is 47.7 Å². The first kappa shape index (κ1) is 16.2. The van der Waals surface area contributed by atoms with Crippen molar-refractivity contribution in [2.45, 2.75) is 25.2 Å². The number of carbonyl (C=O) groups excluding carboxylic acids is 1. The second-order valence-corrected chi connectivity index (χ2v) is 6.15. The van der Waals surface area contributed by atoms with Crippen molar-refractivity contribution in [3.63, 3.8) is 0 Å². The number of rotatable bonds is 4. The van der Waals surface area contributed by atoms with Gasteiger partial charge in [0.05, 0.1) is 12.5 Å². The number of amides is 1. The molecule has 0 radical (unpaired) electrons. The molecule has 0 unspecified atom stereocenters. The first-order valence-electron chi connectivity index (χ1n) is 8.05. The Kier molecular flexibility index (Phi) is 4.38. The molecule has 24 heavy (non-hydrogen) atoms. The number of carbonyl (C=O) groups is 1. The molecule has 1 amide bonds. The van der Waals surface area contributed by atoms with Crippen molar-refractivity contribution in [2.24, 2.45) is 5.73 Å². The first-order chi connectivity index (χ1) is 11.5. The summed E-state index contributed by atoms with van der Waals surface area (Å²) in [6, 6.07) is 11.6. The molecule has 2 N–H and O–H groups in total. The third kappa shape index (κ3) is 2.91. The van der Waals surface area contributed by atoms with E-state index in [1.807, 2.05) is 37.3 Å². The van der Waals surface area contributed by atoms with Gasteiger partial charge in [0, 0.05) is 24.8 Å². The van der Waals surface area contributed by atoms with Gasteiger partial charge in [0.15, 0.2) is 0 Å². The van der Waals surface area contributed by atoms with Gasteiger partial charge in [0.1, 0.15) is 0 Å². The van der Waals surface area contributed by atoms with Crippen LogP contribution in [0.2, 0.25) is 0 Å². The van der Waals surface area contributed by atoms with E-state index in [4.69, 9.17) is 10.5 Å². The second-order valence-electron chi connectivity index (χ2n) is 6.15. The van der Waals surface area contributed by atoms with Crippen molar-refractivity contribution in [1.29, 1.82) is 0 Å². The lowest BCUT2D eigenvalue weighted by molar-refractivity contribution is -0.124. The zero-order valence-corrected chi connectivity index (χ0v) is 14.0. The molecule has 6 nitrogen and oxygen atoms in total. The van der Waals surface area contributed by atoms with E-state index in [2.05, 4.69) is 14.9 Å². The minimum atomic E-state index is -0.619. The van der Waals surface area contributed by atoms with Gasteiger partial charge in [-0.2, -0.15) is 4.98 Å². The number of nitrogens with zero attached hydrogens (tertiary/aromatic N) is 3. The third-order valence-electron chi connectivity index (χ3n) is 4.73. The molecule has 0 saturated carbocycles. The van der Waals surface area contributed by atoms with E-state index in [0.717, 1.165) is 11.3 Å². The summed E-state index contributed by atoms with van der Waals surface area (Å²) in [4.78, 5) is 23.2. The van der Waals surface area contributed by atoms with Gasteiger partial charge in [0.2, 0.25) is 17.7 Å². The van der Waals surface area contributed by atoms with Crippen LogP contribution in [0.5, 0.6) is 5.88 Å². The van der Waals surface area contributed by atoms with Crippen LogP contribution in [-0.4, -0.2) is 36.1 Å². The van der Waals surface area contributed by atoms with E-state index in [9.17, 15) is 4.79 Å². The van der Waals surface area contributed by atoms with Gasteiger partial charge in [-0.05, 0) is 25.3 Å². The molecule has 2 heterocycles. The fourth-order valence-electron chi connectivity index (χ4n) is 3.29. The minimum absolute atomic E-state index is 0.268. The molecule has 6 heteroatoms. The molecule has 1 aliphatic heterocycles. The number of hydrogen-bond donors (Lipinski definition) is 1. The van der Waals surface area contributed by atoms with Gasteiger partial charge in [-0.1, -0.05) is 30.3 Å². The highest BCUT2D eigenvalue weighted by atomic mass is 16.5. The first-order valence-corrected chi connectivity index (χ1v) is 8.05. The maximum Gasteiger partial charge on any atom is 0.228 e. The summed E-state index contributed by atoms with van der Waals surface area (Å²) in [7, 11) is 1.59. The predicted molar refractivity (Wildman–Crippen MR) is 92.1 cm³/mol. The number of primary amides is 1. The van der Waals surface area contributed by atoms with E-state index in [1.54, 1.807) is 13.2 Å². The average molecular weight is 326 g/mol. The number of nitrogens with two attached hydrogens (primary N) is 1. The number of aryl methyl sites for hydroxylation is 1. The van der Waals surface area contributed by atoms with Crippen LogP contribution in [0.4, 0.5) is 5.95 Å². The van der Waals surface area contributed by atoms with Gasteiger partial charge in [-0.3, -0.25) is 4.79 Å². The highest BCUT2D eigenvalue weighted by Gasteiger charge is 2.41. The molecule has 0 aliphatic carbocycles. The third-order valence-corrected chi connectivity index (χ3v) is 4.73. The average Bonchev–Trinajstić information content (AvgIpc) is 2.61. The molecule has 0 bridgehead atoms. The summed E-state index contributed by atoms with van der Waals surface area (Å²) in [5, 5.41) is 0. The number of piperidine rings is 1. The quantitative estimate of drug-likeness (QED) is 0.927. The number of aromatic nitrogens is 2. The molecule has 0 atom stereocenters. The smallest absolute Gasteiger partial charge is 0.228 e. The molecule has 126 valence electrons. The number of hydrogen-bond acceptors (Lipinski definition) is 5.